The molecule has 2 aliphatic rings. The maximum atomic E-state index is 12.9. The van der Waals surface area contributed by atoms with Gasteiger partial charge in [0.25, 0.3) is 0 Å². The number of allylic oxidation sites excluding steroid dienone is 4. The second-order valence-corrected chi connectivity index (χ2v) is 8.99. The maximum Gasteiger partial charge on any atom is 0.168 e. The lowest BCUT2D eigenvalue weighted by molar-refractivity contribution is -0.117. The molecule has 2 N–H and O–H groups in total. The molecular weight excluding hydrogens is 460 g/mol. The minimum absolute atomic E-state index is 0.0431. The van der Waals surface area contributed by atoms with Crippen molar-refractivity contribution in [3.63, 3.8) is 0 Å². The summed E-state index contributed by atoms with van der Waals surface area (Å²) in [4.78, 5) is 36.0. The topological polar surface area (TPSA) is 118 Å². The molecule has 2 atom stereocenters. The maximum absolute atomic E-state index is 12.9. The van der Waals surface area contributed by atoms with E-state index in [1.54, 1.807) is 0 Å². The van der Waals surface area contributed by atoms with Crippen molar-refractivity contribution in [2.24, 2.45) is 10.3 Å². The molecule has 0 fully saturated rings. The number of hydrogen-bond donors (Lipinski definition) is 2. The Hall–Kier alpha value is -3.42. The number of aliphatic hydroxyl groups is 2. The van der Waals surface area contributed by atoms with Crippen molar-refractivity contribution in [3.05, 3.63) is 58.1 Å². The summed E-state index contributed by atoms with van der Waals surface area (Å²) in [5.41, 5.74) is 3.38. The highest BCUT2D eigenvalue weighted by Crippen LogP contribution is 2.38. The van der Waals surface area contributed by atoms with Crippen molar-refractivity contribution in [1.82, 2.24) is 0 Å². The Morgan fingerprint density at radius 3 is 1.36 bits per heavy atom. The van der Waals surface area contributed by atoms with E-state index in [0.717, 1.165) is 11.1 Å². The molecule has 0 aromatic heterocycles. The molecule has 0 saturated heterocycles. The highest BCUT2D eigenvalue weighted by atomic mass is 16.6. The lowest BCUT2D eigenvalue weighted by atomic mass is 9.78. The number of oxime groups is 2. The van der Waals surface area contributed by atoms with Crippen molar-refractivity contribution >= 4 is 23.0 Å². The summed E-state index contributed by atoms with van der Waals surface area (Å²) in [6, 6.07) is 7.76. The summed E-state index contributed by atoms with van der Waals surface area (Å²) < 4.78 is 0. The molecule has 2 aliphatic carbocycles. The smallest absolute Gasteiger partial charge is 0.168 e. The van der Waals surface area contributed by atoms with Crippen LogP contribution in [0.1, 0.15) is 89.2 Å². The molecule has 1 aromatic rings. The van der Waals surface area contributed by atoms with Crippen LogP contribution in [0.15, 0.2) is 57.2 Å². The Bertz CT molecular complexity index is 1010. The van der Waals surface area contributed by atoms with Crippen molar-refractivity contribution < 1.29 is 29.5 Å². The van der Waals surface area contributed by atoms with E-state index in [4.69, 9.17) is 9.68 Å². The number of rotatable bonds is 10. The molecule has 3 rings (SSSR count). The van der Waals surface area contributed by atoms with Gasteiger partial charge in [-0.25, -0.2) is 0 Å². The van der Waals surface area contributed by atoms with Gasteiger partial charge in [-0.2, -0.15) is 0 Å². The molecule has 194 valence electrons. The number of aliphatic hydroxyl groups excluding tert-OH is 2. The number of carbonyl (C=O) groups excluding carboxylic acids is 2. The normalized spacial score (nSPS) is 21.8. The molecule has 0 amide bonds. The first kappa shape index (κ1) is 27.2. The van der Waals surface area contributed by atoms with Gasteiger partial charge in [0.1, 0.15) is 24.7 Å². The second-order valence-electron chi connectivity index (χ2n) is 8.99. The zero-order chi connectivity index (χ0) is 26.2. The van der Waals surface area contributed by atoms with Crippen LogP contribution < -0.4 is 0 Å². The van der Waals surface area contributed by atoms with Crippen molar-refractivity contribution in [3.8, 4) is 0 Å². The molecule has 0 bridgehead atoms. The SMILES string of the molecule is CCO/N=C(\CC)C1=C(O)CC(c2ccc(C3CC(=O)C(/C(CC)=N/OCC)=C(O)C3)cc2)CC1=O. The summed E-state index contributed by atoms with van der Waals surface area (Å²) in [5, 5.41) is 29.3. The molecule has 0 saturated carbocycles. The number of Topliss-reactive ketones (excluding diaryl/α,β-unsaturated/α-hetero) is 2. The summed E-state index contributed by atoms with van der Waals surface area (Å²) >= 11 is 0. The van der Waals surface area contributed by atoms with Crippen LogP contribution in [0.2, 0.25) is 0 Å². The monoisotopic (exact) mass is 496 g/mol. The van der Waals surface area contributed by atoms with Crippen LogP contribution in [0.5, 0.6) is 0 Å². The number of nitrogens with zero attached hydrogens (tertiary/aromatic N) is 2. The van der Waals surface area contributed by atoms with Gasteiger partial charge in [0, 0.05) is 25.7 Å². The predicted molar refractivity (Wildman–Crippen MR) is 138 cm³/mol. The van der Waals surface area contributed by atoms with Crippen LogP contribution in [-0.4, -0.2) is 46.4 Å². The van der Waals surface area contributed by atoms with Gasteiger partial charge in [0.15, 0.2) is 11.6 Å². The fourth-order valence-corrected chi connectivity index (χ4v) is 4.81. The summed E-state index contributed by atoms with van der Waals surface area (Å²) in [6.45, 7) is 8.15. The quantitative estimate of drug-likeness (QED) is 0.312. The summed E-state index contributed by atoms with van der Waals surface area (Å²) in [7, 11) is 0. The van der Waals surface area contributed by atoms with Crippen LogP contribution in [0.4, 0.5) is 0 Å². The third-order valence-electron chi connectivity index (χ3n) is 6.61. The van der Waals surface area contributed by atoms with E-state index in [1.165, 1.54) is 0 Å². The van der Waals surface area contributed by atoms with Gasteiger partial charge >= 0.3 is 0 Å². The minimum Gasteiger partial charge on any atom is -0.511 e. The number of ketones is 2. The first-order valence-corrected chi connectivity index (χ1v) is 12.7. The Balaban J connectivity index is 1.76. The average molecular weight is 497 g/mol. The van der Waals surface area contributed by atoms with Gasteiger partial charge in [0.05, 0.1) is 22.6 Å². The average Bonchev–Trinajstić information content (AvgIpc) is 2.87. The highest BCUT2D eigenvalue weighted by molar-refractivity contribution is 6.23. The second kappa shape index (κ2) is 12.5. The molecule has 8 nitrogen and oxygen atoms in total. The third kappa shape index (κ3) is 6.04. The van der Waals surface area contributed by atoms with E-state index >= 15 is 0 Å². The van der Waals surface area contributed by atoms with Crippen LogP contribution >= 0.6 is 0 Å². The summed E-state index contributed by atoms with van der Waals surface area (Å²) in [5.74, 6) is -0.489. The Morgan fingerprint density at radius 2 is 1.08 bits per heavy atom. The molecule has 8 heteroatoms. The molecule has 2 unspecified atom stereocenters. The fourth-order valence-electron chi connectivity index (χ4n) is 4.81. The van der Waals surface area contributed by atoms with E-state index in [2.05, 4.69) is 10.3 Å². The standard InChI is InChI=1S/C28H36N2O6/c1-5-21(29-35-7-3)27-23(31)13-19(14-24(27)32)17-9-11-18(12-10-17)20-15-25(33)28(26(34)16-20)22(6-2)30-36-8-4/h9-12,19-20,31,33H,5-8,13-16H2,1-4H3/b29-21+,30-22+. The van der Waals surface area contributed by atoms with E-state index in [9.17, 15) is 19.8 Å². The van der Waals surface area contributed by atoms with Crippen molar-refractivity contribution in [2.45, 2.75) is 78.1 Å². The lowest BCUT2D eigenvalue weighted by Crippen LogP contribution is -2.24. The third-order valence-corrected chi connectivity index (χ3v) is 6.61. The van der Waals surface area contributed by atoms with Gasteiger partial charge in [-0.15, -0.1) is 0 Å². The van der Waals surface area contributed by atoms with Crippen LogP contribution in [0, 0.1) is 0 Å². The largest absolute Gasteiger partial charge is 0.511 e. The van der Waals surface area contributed by atoms with Gasteiger partial charge in [-0.1, -0.05) is 48.4 Å². The first-order chi connectivity index (χ1) is 17.3. The van der Waals surface area contributed by atoms with E-state index in [0.29, 0.717) is 50.3 Å². The molecule has 0 spiro atoms. The van der Waals surface area contributed by atoms with Crippen LogP contribution in [0.25, 0.3) is 0 Å². The predicted octanol–water partition coefficient (Wildman–Crippen LogP) is 5.81. The molecule has 0 radical (unpaired) electrons. The Morgan fingerprint density at radius 1 is 0.722 bits per heavy atom. The zero-order valence-corrected chi connectivity index (χ0v) is 21.5. The number of hydrogen-bond acceptors (Lipinski definition) is 8. The van der Waals surface area contributed by atoms with Crippen molar-refractivity contribution in [2.75, 3.05) is 13.2 Å². The molecule has 0 aliphatic heterocycles. The van der Waals surface area contributed by atoms with Crippen molar-refractivity contribution in [1.29, 1.82) is 0 Å². The van der Waals surface area contributed by atoms with Gasteiger partial charge in [-0.3, -0.25) is 9.59 Å². The molecule has 36 heavy (non-hydrogen) atoms. The van der Waals surface area contributed by atoms with E-state index < -0.39 is 0 Å². The van der Waals surface area contributed by atoms with Gasteiger partial charge in [-0.05, 0) is 49.7 Å². The minimum atomic E-state index is -0.144. The summed E-state index contributed by atoms with van der Waals surface area (Å²) in [6.07, 6.45) is 2.23. The molecular formula is C28H36N2O6. The van der Waals surface area contributed by atoms with Gasteiger partial charge < -0.3 is 19.9 Å². The van der Waals surface area contributed by atoms with E-state index in [1.807, 2.05) is 52.0 Å². The number of carbonyl (C=O) groups is 2. The van der Waals surface area contributed by atoms with Crippen LogP contribution in [-0.2, 0) is 19.3 Å². The highest BCUT2D eigenvalue weighted by Gasteiger charge is 2.33. The lowest BCUT2D eigenvalue weighted by Gasteiger charge is -2.26. The van der Waals surface area contributed by atoms with Crippen LogP contribution in [0.3, 0.4) is 0 Å². The van der Waals surface area contributed by atoms with E-state index in [-0.39, 0.29) is 58.9 Å². The van der Waals surface area contributed by atoms with Gasteiger partial charge in [0.2, 0.25) is 0 Å². The zero-order valence-electron chi connectivity index (χ0n) is 21.5. The number of benzene rings is 1. The first-order valence-electron chi connectivity index (χ1n) is 12.7. The Labute approximate surface area is 212 Å². The molecule has 0 heterocycles. The fraction of sp³-hybridized carbons (Fsp3) is 0.500. The molecule has 1 aromatic carbocycles. The Kier molecular flexibility index (Phi) is 9.44.